The largest absolute Gasteiger partial charge is 0.373 e. The Hall–Kier alpha value is -0.430. The van der Waals surface area contributed by atoms with Crippen LogP contribution in [0.15, 0.2) is 10.7 Å². The Morgan fingerprint density at radius 1 is 1.71 bits per heavy atom. The van der Waals surface area contributed by atoms with E-state index < -0.39 is 0 Å². The highest BCUT2D eigenvalue weighted by atomic mass is 79.9. The average molecular weight is 303 g/mol. The van der Waals surface area contributed by atoms with Crippen LogP contribution >= 0.6 is 15.9 Å². The van der Waals surface area contributed by atoms with Gasteiger partial charge in [0.25, 0.3) is 0 Å². The lowest BCUT2D eigenvalue weighted by Crippen LogP contribution is -2.38. The normalized spacial score (nSPS) is 26.4. The minimum absolute atomic E-state index is 0.0169. The molecule has 3 atom stereocenters. The Bertz CT molecular complexity index is 382. The Labute approximate surface area is 110 Å². The zero-order valence-electron chi connectivity index (χ0n) is 10.2. The summed E-state index contributed by atoms with van der Waals surface area (Å²) >= 11 is 3.53. The van der Waals surface area contributed by atoms with E-state index in [2.05, 4.69) is 40.3 Å². The molecular formula is C11H19BrN4O. The zero-order valence-corrected chi connectivity index (χ0v) is 11.8. The van der Waals surface area contributed by atoms with Crippen molar-refractivity contribution in [1.82, 2.24) is 15.2 Å². The molecule has 0 aromatic carbocycles. The first kappa shape index (κ1) is 13.0. The average Bonchev–Trinajstić information content (AvgIpc) is 2.89. The van der Waals surface area contributed by atoms with Gasteiger partial charge in [-0.25, -0.2) is 5.43 Å². The van der Waals surface area contributed by atoms with Gasteiger partial charge in [-0.2, -0.15) is 5.10 Å². The van der Waals surface area contributed by atoms with Crippen LogP contribution in [0.25, 0.3) is 0 Å². The van der Waals surface area contributed by atoms with E-state index in [-0.39, 0.29) is 12.1 Å². The third-order valence-electron chi connectivity index (χ3n) is 3.24. The maximum Gasteiger partial charge on any atom is 0.0901 e. The van der Waals surface area contributed by atoms with E-state index in [4.69, 9.17) is 10.6 Å². The second-order valence-corrected chi connectivity index (χ2v) is 5.25. The monoisotopic (exact) mass is 302 g/mol. The number of aromatic nitrogens is 2. The van der Waals surface area contributed by atoms with Crippen molar-refractivity contribution in [2.45, 2.75) is 51.5 Å². The third-order valence-corrected chi connectivity index (χ3v) is 3.85. The van der Waals surface area contributed by atoms with Gasteiger partial charge < -0.3 is 4.74 Å². The van der Waals surface area contributed by atoms with Crippen molar-refractivity contribution in [2.24, 2.45) is 5.84 Å². The van der Waals surface area contributed by atoms with Crippen LogP contribution in [0.5, 0.6) is 0 Å². The number of nitrogens with two attached hydrogens (primary N) is 1. The molecule has 1 aromatic heterocycles. The topological polar surface area (TPSA) is 65.1 Å². The first-order valence-corrected chi connectivity index (χ1v) is 6.79. The van der Waals surface area contributed by atoms with Crippen molar-refractivity contribution in [3.05, 3.63) is 16.4 Å². The summed E-state index contributed by atoms with van der Waals surface area (Å²) in [6.45, 7) is 4.98. The van der Waals surface area contributed by atoms with Crippen LogP contribution in [-0.2, 0) is 11.3 Å². The van der Waals surface area contributed by atoms with Gasteiger partial charge in [-0.3, -0.25) is 10.5 Å². The summed E-state index contributed by atoms with van der Waals surface area (Å²) in [6, 6.07) is -0.0169. The SMILES string of the molecule is CCn1ncc(Br)c1C(NN)C1CCC(C)O1. The fraction of sp³-hybridized carbons (Fsp3) is 0.727. The van der Waals surface area contributed by atoms with Crippen molar-refractivity contribution in [2.75, 3.05) is 0 Å². The van der Waals surface area contributed by atoms with Crippen LogP contribution in [0.4, 0.5) is 0 Å². The molecule has 1 fully saturated rings. The molecule has 0 radical (unpaired) electrons. The number of hydrogen-bond acceptors (Lipinski definition) is 4. The summed E-state index contributed by atoms with van der Waals surface area (Å²) in [5.41, 5.74) is 3.93. The minimum atomic E-state index is -0.0169. The third kappa shape index (κ3) is 2.54. The molecule has 2 rings (SSSR count). The molecule has 3 N–H and O–H groups in total. The molecule has 6 heteroatoms. The first-order chi connectivity index (χ1) is 8.17. The number of hydrogen-bond donors (Lipinski definition) is 2. The van der Waals surface area contributed by atoms with Crippen molar-refractivity contribution in [3.8, 4) is 0 Å². The number of nitrogens with zero attached hydrogens (tertiary/aromatic N) is 2. The van der Waals surface area contributed by atoms with Crippen molar-refractivity contribution in [3.63, 3.8) is 0 Å². The summed E-state index contributed by atoms with van der Waals surface area (Å²) < 4.78 is 8.81. The van der Waals surface area contributed by atoms with Crippen molar-refractivity contribution in [1.29, 1.82) is 0 Å². The van der Waals surface area contributed by atoms with Crippen LogP contribution in [0.2, 0.25) is 0 Å². The molecule has 1 aromatic rings. The van der Waals surface area contributed by atoms with Gasteiger partial charge in [0.15, 0.2) is 0 Å². The lowest BCUT2D eigenvalue weighted by molar-refractivity contribution is 0.0295. The molecule has 17 heavy (non-hydrogen) atoms. The van der Waals surface area contributed by atoms with Crippen LogP contribution in [0, 0.1) is 0 Å². The predicted molar refractivity (Wildman–Crippen MR) is 69.2 cm³/mol. The van der Waals surface area contributed by atoms with E-state index in [1.54, 1.807) is 0 Å². The Balaban J connectivity index is 2.25. The fourth-order valence-corrected chi connectivity index (χ4v) is 2.92. The second-order valence-electron chi connectivity index (χ2n) is 4.40. The summed E-state index contributed by atoms with van der Waals surface area (Å²) in [5.74, 6) is 5.69. The van der Waals surface area contributed by atoms with Crippen LogP contribution in [-0.4, -0.2) is 22.0 Å². The molecule has 0 saturated carbocycles. The van der Waals surface area contributed by atoms with Gasteiger partial charge in [0.1, 0.15) is 0 Å². The van der Waals surface area contributed by atoms with E-state index in [1.807, 2.05) is 10.9 Å². The summed E-state index contributed by atoms with van der Waals surface area (Å²) in [5, 5.41) is 4.31. The highest BCUT2D eigenvalue weighted by molar-refractivity contribution is 9.10. The smallest absolute Gasteiger partial charge is 0.0901 e. The molecule has 0 aliphatic carbocycles. The maximum atomic E-state index is 5.89. The Morgan fingerprint density at radius 3 is 3.00 bits per heavy atom. The van der Waals surface area contributed by atoms with E-state index in [0.717, 1.165) is 29.6 Å². The van der Waals surface area contributed by atoms with Gasteiger partial charge in [0.05, 0.1) is 34.6 Å². The number of rotatable bonds is 4. The second kappa shape index (κ2) is 5.48. The molecule has 0 bridgehead atoms. The van der Waals surface area contributed by atoms with Crippen LogP contribution in [0.3, 0.4) is 0 Å². The van der Waals surface area contributed by atoms with Gasteiger partial charge in [-0.1, -0.05) is 0 Å². The first-order valence-electron chi connectivity index (χ1n) is 6.00. The molecule has 0 amide bonds. The maximum absolute atomic E-state index is 5.89. The molecule has 1 aliphatic heterocycles. The van der Waals surface area contributed by atoms with Crippen LogP contribution < -0.4 is 11.3 Å². The van der Waals surface area contributed by atoms with Gasteiger partial charge >= 0.3 is 0 Å². The van der Waals surface area contributed by atoms with E-state index in [0.29, 0.717) is 6.10 Å². The molecule has 5 nitrogen and oxygen atoms in total. The molecule has 0 spiro atoms. The number of ether oxygens (including phenoxy) is 1. The highest BCUT2D eigenvalue weighted by Crippen LogP contribution is 2.33. The molecule has 2 heterocycles. The number of nitrogens with one attached hydrogen (secondary N) is 1. The quantitative estimate of drug-likeness (QED) is 0.657. The fourth-order valence-electron chi connectivity index (χ4n) is 2.37. The minimum Gasteiger partial charge on any atom is -0.373 e. The Morgan fingerprint density at radius 2 is 2.47 bits per heavy atom. The number of aryl methyl sites for hydroxylation is 1. The highest BCUT2D eigenvalue weighted by Gasteiger charge is 2.33. The number of hydrazine groups is 1. The Kier molecular flexibility index (Phi) is 4.19. The molecule has 1 saturated heterocycles. The number of halogens is 1. The van der Waals surface area contributed by atoms with Crippen molar-refractivity contribution < 1.29 is 4.74 Å². The zero-order chi connectivity index (χ0) is 12.4. The van der Waals surface area contributed by atoms with Crippen LogP contribution in [0.1, 0.15) is 38.4 Å². The lowest BCUT2D eigenvalue weighted by atomic mass is 10.0. The summed E-state index contributed by atoms with van der Waals surface area (Å²) in [6.07, 6.45) is 4.35. The van der Waals surface area contributed by atoms with Gasteiger partial charge in [0.2, 0.25) is 0 Å². The van der Waals surface area contributed by atoms with E-state index in [9.17, 15) is 0 Å². The lowest BCUT2D eigenvalue weighted by Gasteiger charge is -2.24. The molecule has 1 aliphatic rings. The summed E-state index contributed by atoms with van der Waals surface area (Å²) in [7, 11) is 0. The van der Waals surface area contributed by atoms with Gasteiger partial charge in [-0.15, -0.1) is 0 Å². The van der Waals surface area contributed by atoms with Crippen molar-refractivity contribution >= 4 is 15.9 Å². The molecular weight excluding hydrogens is 284 g/mol. The predicted octanol–water partition coefficient (Wildman–Crippen LogP) is 1.74. The summed E-state index contributed by atoms with van der Waals surface area (Å²) in [4.78, 5) is 0. The van der Waals surface area contributed by atoms with E-state index in [1.165, 1.54) is 0 Å². The van der Waals surface area contributed by atoms with Gasteiger partial charge in [-0.05, 0) is 42.6 Å². The molecule has 96 valence electrons. The van der Waals surface area contributed by atoms with E-state index >= 15 is 0 Å². The molecule has 3 unspecified atom stereocenters. The standard InChI is InChI=1S/C11H19BrN4O/c1-3-16-11(8(12)6-14-16)10(15-13)9-5-4-7(2)17-9/h6-7,9-10,15H,3-5,13H2,1-2H3. The van der Waals surface area contributed by atoms with Gasteiger partial charge in [0, 0.05) is 6.54 Å².